The summed E-state index contributed by atoms with van der Waals surface area (Å²) in [6.07, 6.45) is 2.46. The normalized spacial score (nSPS) is 13.8. The van der Waals surface area contributed by atoms with Gasteiger partial charge in [-0.15, -0.1) is 0 Å². The lowest BCUT2D eigenvalue weighted by atomic mass is 9.86. The van der Waals surface area contributed by atoms with Crippen LogP contribution in [0.25, 0.3) is 0 Å². The molecule has 19 heavy (non-hydrogen) atoms. The molecular formula is C14H28N2O3. The monoisotopic (exact) mass is 272 g/mol. The van der Waals surface area contributed by atoms with Crippen molar-refractivity contribution in [1.82, 2.24) is 10.6 Å². The minimum absolute atomic E-state index is 0.259. The average molecular weight is 272 g/mol. The lowest BCUT2D eigenvalue weighted by Crippen LogP contribution is -2.57. The van der Waals surface area contributed by atoms with Crippen LogP contribution in [-0.2, 0) is 4.79 Å². The van der Waals surface area contributed by atoms with E-state index in [0.717, 1.165) is 19.3 Å². The Bertz CT molecular complexity index is 309. The Morgan fingerprint density at radius 2 is 1.47 bits per heavy atom. The Balaban J connectivity index is 4.81. The SMILES string of the molecule is CCC(CC)(CC)NC(=O)NC(C(=O)O)C(C)(C)C. The minimum atomic E-state index is -1.02. The highest BCUT2D eigenvalue weighted by Gasteiger charge is 2.34. The summed E-state index contributed by atoms with van der Waals surface area (Å²) in [6, 6.07) is -1.32. The maximum Gasteiger partial charge on any atom is 0.326 e. The minimum Gasteiger partial charge on any atom is -0.480 e. The van der Waals surface area contributed by atoms with E-state index in [1.807, 2.05) is 20.8 Å². The van der Waals surface area contributed by atoms with E-state index in [4.69, 9.17) is 0 Å². The van der Waals surface area contributed by atoms with Crippen LogP contribution in [0.1, 0.15) is 60.8 Å². The van der Waals surface area contributed by atoms with Gasteiger partial charge in [0.15, 0.2) is 0 Å². The van der Waals surface area contributed by atoms with Gasteiger partial charge in [0.1, 0.15) is 6.04 Å². The molecule has 0 aromatic heterocycles. The number of carbonyl (C=O) groups is 2. The van der Waals surface area contributed by atoms with Crippen LogP contribution >= 0.6 is 0 Å². The van der Waals surface area contributed by atoms with Crippen LogP contribution in [0, 0.1) is 5.41 Å². The number of hydrogen-bond donors (Lipinski definition) is 3. The van der Waals surface area contributed by atoms with Gasteiger partial charge in [0.2, 0.25) is 0 Å². The molecule has 3 N–H and O–H groups in total. The van der Waals surface area contributed by atoms with Crippen molar-refractivity contribution in [3.63, 3.8) is 0 Å². The number of carbonyl (C=O) groups excluding carboxylic acids is 1. The number of hydrogen-bond acceptors (Lipinski definition) is 2. The zero-order valence-electron chi connectivity index (χ0n) is 13.0. The zero-order valence-corrected chi connectivity index (χ0v) is 13.0. The first-order valence-corrected chi connectivity index (χ1v) is 6.93. The van der Waals surface area contributed by atoms with Gasteiger partial charge in [0.25, 0.3) is 0 Å². The predicted molar refractivity (Wildman–Crippen MR) is 76.2 cm³/mol. The largest absolute Gasteiger partial charge is 0.480 e. The number of amides is 2. The van der Waals surface area contributed by atoms with Gasteiger partial charge in [0.05, 0.1) is 0 Å². The molecule has 0 radical (unpaired) electrons. The fourth-order valence-corrected chi connectivity index (χ4v) is 2.07. The van der Waals surface area contributed by atoms with Gasteiger partial charge in [-0.2, -0.15) is 0 Å². The van der Waals surface area contributed by atoms with Crippen LogP contribution in [0.3, 0.4) is 0 Å². The van der Waals surface area contributed by atoms with E-state index in [1.165, 1.54) is 0 Å². The molecule has 0 rings (SSSR count). The Morgan fingerprint density at radius 3 is 1.74 bits per heavy atom. The zero-order chi connectivity index (χ0) is 15.3. The molecule has 5 heteroatoms. The first-order valence-electron chi connectivity index (χ1n) is 6.93. The number of aliphatic carboxylic acids is 1. The molecule has 0 heterocycles. The molecule has 0 aromatic rings. The van der Waals surface area contributed by atoms with E-state index in [9.17, 15) is 14.7 Å². The Hall–Kier alpha value is -1.26. The fourth-order valence-electron chi connectivity index (χ4n) is 2.07. The van der Waals surface area contributed by atoms with Crippen LogP contribution < -0.4 is 10.6 Å². The third-order valence-electron chi connectivity index (χ3n) is 3.80. The predicted octanol–water partition coefficient (Wildman–Crippen LogP) is 2.75. The van der Waals surface area contributed by atoms with E-state index in [1.54, 1.807) is 20.8 Å². The summed E-state index contributed by atoms with van der Waals surface area (Å²) in [4.78, 5) is 23.2. The van der Waals surface area contributed by atoms with E-state index in [2.05, 4.69) is 10.6 Å². The van der Waals surface area contributed by atoms with Crippen molar-refractivity contribution >= 4 is 12.0 Å². The van der Waals surface area contributed by atoms with Crippen molar-refractivity contribution in [1.29, 1.82) is 0 Å². The molecule has 0 bridgehead atoms. The van der Waals surface area contributed by atoms with Crippen molar-refractivity contribution in [2.24, 2.45) is 5.41 Å². The summed E-state index contributed by atoms with van der Waals surface area (Å²) in [6.45, 7) is 11.4. The fraction of sp³-hybridized carbons (Fsp3) is 0.857. The molecule has 0 aliphatic rings. The average Bonchev–Trinajstić information content (AvgIpc) is 2.31. The highest BCUT2D eigenvalue weighted by molar-refractivity contribution is 5.83. The van der Waals surface area contributed by atoms with Gasteiger partial charge in [-0.3, -0.25) is 0 Å². The van der Waals surface area contributed by atoms with E-state index in [0.29, 0.717) is 0 Å². The van der Waals surface area contributed by atoms with Gasteiger partial charge < -0.3 is 15.7 Å². The van der Waals surface area contributed by atoms with Gasteiger partial charge in [0, 0.05) is 5.54 Å². The molecule has 0 fully saturated rings. The van der Waals surface area contributed by atoms with Crippen LogP contribution in [0.15, 0.2) is 0 Å². The highest BCUT2D eigenvalue weighted by atomic mass is 16.4. The summed E-state index contributed by atoms with van der Waals surface area (Å²) in [5.74, 6) is -1.02. The smallest absolute Gasteiger partial charge is 0.326 e. The first-order chi connectivity index (χ1) is 8.61. The van der Waals surface area contributed by atoms with Crippen LogP contribution in [0.2, 0.25) is 0 Å². The summed E-state index contributed by atoms with van der Waals surface area (Å²) >= 11 is 0. The molecule has 112 valence electrons. The van der Waals surface area contributed by atoms with Gasteiger partial charge >= 0.3 is 12.0 Å². The third kappa shape index (κ3) is 5.09. The first kappa shape index (κ1) is 17.7. The number of urea groups is 1. The summed E-state index contributed by atoms with van der Waals surface area (Å²) in [7, 11) is 0. The van der Waals surface area contributed by atoms with Crippen LogP contribution in [0.5, 0.6) is 0 Å². The Kier molecular flexibility index (Phi) is 6.33. The molecule has 2 amide bonds. The maximum absolute atomic E-state index is 12.0. The summed E-state index contributed by atoms with van der Waals surface area (Å²) in [5, 5.41) is 14.7. The standard InChI is InChI=1S/C14H28N2O3/c1-7-14(8-2,9-3)16-12(19)15-10(11(17)18)13(4,5)6/h10H,7-9H2,1-6H3,(H,17,18)(H2,15,16,19). The van der Waals surface area contributed by atoms with E-state index < -0.39 is 23.5 Å². The topological polar surface area (TPSA) is 78.4 Å². The summed E-state index contributed by atoms with van der Waals surface area (Å²) in [5.41, 5.74) is -0.790. The lowest BCUT2D eigenvalue weighted by molar-refractivity contribution is -0.141. The number of carboxylic acids is 1. The van der Waals surface area contributed by atoms with Gasteiger partial charge in [-0.25, -0.2) is 9.59 Å². The van der Waals surface area contributed by atoms with Crippen molar-refractivity contribution in [3.8, 4) is 0 Å². The lowest BCUT2D eigenvalue weighted by Gasteiger charge is -2.34. The number of carboxylic acid groups (broad SMARTS) is 1. The van der Waals surface area contributed by atoms with Crippen LogP contribution in [-0.4, -0.2) is 28.7 Å². The van der Waals surface area contributed by atoms with Gasteiger partial charge in [-0.05, 0) is 24.7 Å². The van der Waals surface area contributed by atoms with Crippen molar-refractivity contribution in [2.75, 3.05) is 0 Å². The van der Waals surface area contributed by atoms with Gasteiger partial charge in [-0.1, -0.05) is 41.5 Å². The second kappa shape index (κ2) is 6.78. The molecule has 0 saturated heterocycles. The quantitative estimate of drug-likeness (QED) is 0.695. The van der Waals surface area contributed by atoms with Crippen LogP contribution in [0.4, 0.5) is 4.79 Å². The molecule has 0 aliphatic carbocycles. The maximum atomic E-state index is 12.0. The highest BCUT2D eigenvalue weighted by Crippen LogP contribution is 2.21. The second-order valence-corrected chi connectivity index (χ2v) is 6.08. The van der Waals surface area contributed by atoms with Crippen molar-refractivity contribution in [2.45, 2.75) is 72.4 Å². The number of nitrogens with one attached hydrogen (secondary N) is 2. The molecular weight excluding hydrogens is 244 g/mol. The van der Waals surface area contributed by atoms with Crippen molar-refractivity contribution < 1.29 is 14.7 Å². The molecule has 5 nitrogen and oxygen atoms in total. The molecule has 0 aliphatic heterocycles. The molecule has 1 atom stereocenters. The second-order valence-electron chi connectivity index (χ2n) is 6.08. The molecule has 1 unspecified atom stereocenters. The Labute approximate surface area is 116 Å². The molecule has 0 spiro atoms. The van der Waals surface area contributed by atoms with E-state index >= 15 is 0 Å². The molecule has 0 aromatic carbocycles. The third-order valence-corrected chi connectivity index (χ3v) is 3.80. The Morgan fingerprint density at radius 1 is 1.05 bits per heavy atom. The number of rotatable bonds is 6. The molecule has 0 saturated carbocycles. The van der Waals surface area contributed by atoms with E-state index in [-0.39, 0.29) is 5.54 Å². The summed E-state index contributed by atoms with van der Waals surface area (Å²) < 4.78 is 0. The van der Waals surface area contributed by atoms with Crippen molar-refractivity contribution in [3.05, 3.63) is 0 Å².